The summed E-state index contributed by atoms with van der Waals surface area (Å²) in [5, 5.41) is 11.6. The maximum absolute atomic E-state index is 12.7. The molecule has 138 valence electrons. The normalized spacial score (nSPS) is 16.9. The minimum Gasteiger partial charge on any atom is -0.354 e. The van der Waals surface area contributed by atoms with Crippen LogP contribution >= 0.6 is 15.9 Å². The standard InChI is InChI=1S/C19H19BrN6O/c20-15-4-1-5-16(11-15)22-19(27)14-3-2-9-25(12-14)17-6-7-18(24-23-17)26-10-8-21-13-26/h1,4-8,10-11,13-14H,2-3,9,12H2,(H,22,27). The number of piperidine rings is 1. The number of hydrogen-bond acceptors (Lipinski definition) is 5. The average Bonchev–Trinajstić information content (AvgIpc) is 3.23. The molecule has 0 saturated carbocycles. The summed E-state index contributed by atoms with van der Waals surface area (Å²) in [6.07, 6.45) is 7.03. The van der Waals surface area contributed by atoms with Gasteiger partial charge in [-0.3, -0.25) is 9.36 Å². The van der Waals surface area contributed by atoms with Crippen molar-refractivity contribution in [2.75, 3.05) is 23.3 Å². The number of nitrogens with one attached hydrogen (secondary N) is 1. The van der Waals surface area contributed by atoms with Crippen molar-refractivity contribution >= 4 is 33.3 Å². The van der Waals surface area contributed by atoms with E-state index in [4.69, 9.17) is 0 Å². The Morgan fingerprint density at radius 1 is 1.19 bits per heavy atom. The third-order valence-corrected chi connectivity index (χ3v) is 5.11. The third kappa shape index (κ3) is 4.16. The third-order valence-electron chi connectivity index (χ3n) is 4.61. The molecule has 1 N–H and O–H groups in total. The van der Waals surface area contributed by atoms with E-state index in [-0.39, 0.29) is 11.8 Å². The SMILES string of the molecule is O=C(Nc1cccc(Br)c1)C1CCCN(c2ccc(-n3ccnc3)nn2)C1. The number of carbonyl (C=O) groups excluding carboxylic acids is 1. The Labute approximate surface area is 165 Å². The van der Waals surface area contributed by atoms with Crippen LogP contribution in [0.1, 0.15) is 12.8 Å². The van der Waals surface area contributed by atoms with Crippen LogP contribution in [0, 0.1) is 5.92 Å². The number of imidazole rings is 1. The van der Waals surface area contributed by atoms with E-state index in [1.54, 1.807) is 17.1 Å². The van der Waals surface area contributed by atoms with Crippen molar-refractivity contribution in [2.45, 2.75) is 12.8 Å². The molecule has 3 heterocycles. The molecule has 27 heavy (non-hydrogen) atoms. The lowest BCUT2D eigenvalue weighted by molar-refractivity contribution is -0.120. The molecule has 7 nitrogen and oxygen atoms in total. The van der Waals surface area contributed by atoms with Crippen LogP contribution in [-0.4, -0.2) is 38.7 Å². The number of halogens is 1. The Kier molecular flexibility index (Phi) is 5.15. The zero-order valence-electron chi connectivity index (χ0n) is 14.6. The van der Waals surface area contributed by atoms with Crippen molar-refractivity contribution < 1.29 is 4.79 Å². The molecule has 0 radical (unpaired) electrons. The Balaban J connectivity index is 1.42. The van der Waals surface area contributed by atoms with Crippen molar-refractivity contribution in [1.82, 2.24) is 19.7 Å². The first-order chi connectivity index (χ1) is 13.2. The second-order valence-corrected chi connectivity index (χ2v) is 7.42. The van der Waals surface area contributed by atoms with Gasteiger partial charge >= 0.3 is 0 Å². The molecule has 4 rings (SSSR count). The van der Waals surface area contributed by atoms with Crippen LogP contribution in [0.3, 0.4) is 0 Å². The van der Waals surface area contributed by atoms with Gasteiger partial charge in [-0.05, 0) is 43.2 Å². The van der Waals surface area contributed by atoms with E-state index in [2.05, 4.69) is 41.3 Å². The van der Waals surface area contributed by atoms with Crippen LogP contribution in [0.15, 0.2) is 59.6 Å². The molecule has 1 saturated heterocycles. The van der Waals surface area contributed by atoms with Crippen molar-refractivity contribution in [2.24, 2.45) is 5.92 Å². The fourth-order valence-corrected chi connectivity index (χ4v) is 3.63. The molecule has 3 aromatic rings. The maximum Gasteiger partial charge on any atom is 0.229 e. The van der Waals surface area contributed by atoms with Crippen LogP contribution in [-0.2, 0) is 4.79 Å². The number of benzene rings is 1. The van der Waals surface area contributed by atoms with Gasteiger partial charge in [-0.1, -0.05) is 22.0 Å². The molecule has 0 spiro atoms. The van der Waals surface area contributed by atoms with Gasteiger partial charge in [-0.25, -0.2) is 4.98 Å². The summed E-state index contributed by atoms with van der Waals surface area (Å²) in [6, 6.07) is 11.5. The van der Waals surface area contributed by atoms with Gasteiger partial charge in [0, 0.05) is 35.6 Å². The minimum atomic E-state index is -0.0761. The van der Waals surface area contributed by atoms with E-state index in [9.17, 15) is 4.79 Å². The van der Waals surface area contributed by atoms with Crippen molar-refractivity contribution in [3.63, 3.8) is 0 Å². The smallest absolute Gasteiger partial charge is 0.229 e. The summed E-state index contributed by atoms with van der Waals surface area (Å²) < 4.78 is 2.75. The van der Waals surface area contributed by atoms with Gasteiger partial charge in [0.2, 0.25) is 5.91 Å². The van der Waals surface area contributed by atoms with Crippen molar-refractivity contribution in [1.29, 1.82) is 0 Å². The minimum absolute atomic E-state index is 0.0424. The van der Waals surface area contributed by atoms with Gasteiger partial charge in [0.25, 0.3) is 0 Å². The molecule has 1 unspecified atom stereocenters. The van der Waals surface area contributed by atoms with Gasteiger partial charge in [-0.2, -0.15) is 0 Å². The van der Waals surface area contributed by atoms with E-state index >= 15 is 0 Å². The summed E-state index contributed by atoms with van der Waals surface area (Å²) in [4.78, 5) is 18.8. The van der Waals surface area contributed by atoms with Crippen molar-refractivity contribution in [3.8, 4) is 5.82 Å². The topological polar surface area (TPSA) is 75.9 Å². The summed E-state index contributed by atoms with van der Waals surface area (Å²) >= 11 is 3.43. The van der Waals surface area contributed by atoms with Crippen LogP contribution < -0.4 is 10.2 Å². The van der Waals surface area contributed by atoms with Crippen LogP contribution in [0.25, 0.3) is 5.82 Å². The fraction of sp³-hybridized carbons (Fsp3) is 0.263. The molecule has 1 aliphatic heterocycles. The van der Waals surface area contributed by atoms with Gasteiger partial charge in [-0.15, -0.1) is 10.2 Å². The van der Waals surface area contributed by atoms with E-state index < -0.39 is 0 Å². The summed E-state index contributed by atoms with van der Waals surface area (Å²) in [7, 11) is 0. The number of hydrogen-bond donors (Lipinski definition) is 1. The molecule has 2 aromatic heterocycles. The first kappa shape index (κ1) is 17.7. The summed E-state index contributed by atoms with van der Waals surface area (Å²) in [5.74, 6) is 1.48. The van der Waals surface area contributed by atoms with Gasteiger partial charge in [0.05, 0.1) is 5.92 Å². The quantitative estimate of drug-likeness (QED) is 0.692. The molecule has 0 aliphatic carbocycles. The number of amides is 1. The number of rotatable bonds is 4. The van der Waals surface area contributed by atoms with Crippen LogP contribution in [0.4, 0.5) is 11.5 Å². The summed E-state index contributed by atoms with van der Waals surface area (Å²) in [5.41, 5.74) is 0.802. The molecular formula is C19H19BrN6O. The fourth-order valence-electron chi connectivity index (χ4n) is 3.23. The highest BCUT2D eigenvalue weighted by Crippen LogP contribution is 2.23. The van der Waals surface area contributed by atoms with Crippen molar-refractivity contribution in [3.05, 3.63) is 59.6 Å². The molecule has 0 bridgehead atoms. The Morgan fingerprint density at radius 2 is 2.04 bits per heavy atom. The molecule has 1 aromatic carbocycles. The first-order valence-corrected chi connectivity index (χ1v) is 9.62. The highest BCUT2D eigenvalue weighted by molar-refractivity contribution is 9.10. The molecule has 8 heteroatoms. The Morgan fingerprint density at radius 3 is 2.78 bits per heavy atom. The lowest BCUT2D eigenvalue weighted by Gasteiger charge is -2.32. The van der Waals surface area contributed by atoms with Gasteiger partial charge < -0.3 is 10.2 Å². The number of aromatic nitrogens is 4. The maximum atomic E-state index is 12.7. The summed E-state index contributed by atoms with van der Waals surface area (Å²) in [6.45, 7) is 1.51. The van der Waals surface area contributed by atoms with E-state index in [1.807, 2.05) is 42.6 Å². The molecule has 1 aliphatic rings. The van der Waals surface area contributed by atoms with Gasteiger partial charge in [0.1, 0.15) is 6.33 Å². The van der Waals surface area contributed by atoms with E-state index in [1.165, 1.54) is 0 Å². The van der Waals surface area contributed by atoms with Gasteiger partial charge in [0.15, 0.2) is 11.6 Å². The average molecular weight is 427 g/mol. The van der Waals surface area contributed by atoms with Crippen LogP contribution in [0.2, 0.25) is 0 Å². The second-order valence-electron chi connectivity index (χ2n) is 6.50. The predicted molar refractivity (Wildman–Crippen MR) is 107 cm³/mol. The number of carbonyl (C=O) groups is 1. The predicted octanol–water partition coefficient (Wildman–Crippen LogP) is 3.28. The van der Waals surface area contributed by atoms with E-state index in [0.717, 1.165) is 41.2 Å². The number of anilines is 2. The Hall–Kier alpha value is -2.74. The Bertz CT molecular complexity index is 912. The largest absolute Gasteiger partial charge is 0.354 e. The van der Waals surface area contributed by atoms with E-state index in [0.29, 0.717) is 6.54 Å². The monoisotopic (exact) mass is 426 g/mol. The highest BCUT2D eigenvalue weighted by atomic mass is 79.9. The first-order valence-electron chi connectivity index (χ1n) is 8.82. The molecular weight excluding hydrogens is 408 g/mol. The number of nitrogens with zero attached hydrogens (tertiary/aromatic N) is 5. The highest BCUT2D eigenvalue weighted by Gasteiger charge is 2.26. The molecule has 1 amide bonds. The zero-order valence-corrected chi connectivity index (χ0v) is 16.2. The molecule has 1 atom stereocenters. The lowest BCUT2D eigenvalue weighted by Crippen LogP contribution is -2.41. The van der Waals surface area contributed by atoms with Crippen LogP contribution in [0.5, 0.6) is 0 Å². The zero-order chi connectivity index (χ0) is 18.6. The molecule has 1 fully saturated rings. The second kappa shape index (κ2) is 7.87. The lowest BCUT2D eigenvalue weighted by atomic mass is 9.97.